The molecule has 3 aliphatic rings. The first-order chi connectivity index (χ1) is 12.0. The summed E-state index contributed by atoms with van der Waals surface area (Å²) in [4.78, 5) is 8.99. The second-order valence-electron chi connectivity index (χ2n) is 7.13. The van der Waals surface area contributed by atoms with Crippen molar-refractivity contribution in [3.05, 3.63) is 18.0 Å². The zero-order chi connectivity index (χ0) is 17.4. The van der Waals surface area contributed by atoms with Crippen LogP contribution >= 0.6 is 0 Å². The summed E-state index contributed by atoms with van der Waals surface area (Å²) in [6, 6.07) is 1.56. The monoisotopic (exact) mass is 368 g/mol. The van der Waals surface area contributed by atoms with Gasteiger partial charge in [-0.05, 0) is 18.9 Å². The number of aromatic nitrogens is 2. The van der Waals surface area contributed by atoms with Gasteiger partial charge in [0.2, 0.25) is 16.0 Å². The minimum Gasteiger partial charge on any atom is -0.371 e. The SMILES string of the molecule is CS(=O)(=O)N[C@H]1CO[C@H]2[C@@H]1OC[C@@H]2Nc1nccc(C2CCCC2)n1. The van der Waals surface area contributed by atoms with E-state index in [9.17, 15) is 8.42 Å². The quantitative estimate of drug-likeness (QED) is 0.786. The van der Waals surface area contributed by atoms with Gasteiger partial charge in [-0.25, -0.2) is 23.1 Å². The van der Waals surface area contributed by atoms with E-state index in [0.29, 0.717) is 25.1 Å². The zero-order valence-corrected chi connectivity index (χ0v) is 15.0. The molecule has 1 aliphatic carbocycles. The summed E-state index contributed by atoms with van der Waals surface area (Å²) in [6.07, 6.45) is 7.35. The number of rotatable bonds is 5. The van der Waals surface area contributed by atoms with Crippen LogP contribution in [0.2, 0.25) is 0 Å². The molecule has 4 rings (SSSR count). The van der Waals surface area contributed by atoms with Crippen LogP contribution in [0.4, 0.5) is 5.95 Å². The highest BCUT2D eigenvalue weighted by molar-refractivity contribution is 7.88. The van der Waals surface area contributed by atoms with Crippen molar-refractivity contribution in [1.29, 1.82) is 0 Å². The molecule has 3 fully saturated rings. The van der Waals surface area contributed by atoms with Crippen molar-refractivity contribution >= 4 is 16.0 Å². The average molecular weight is 368 g/mol. The van der Waals surface area contributed by atoms with Crippen LogP contribution in [-0.4, -0.2) is 62.1 Å². The normalized spacial score (nSPS) is 32.8. The Balaban J connectivity index is 1.42. The van der Waals surface area contributed by atoms with E-state index < -0.39 is 10.0 Å². The lowest BCUT2D eigenvalue weighted by molar-refractivity contribution is 0.0690. The molecule has 9 heteroatoms. The van der Waals surface area contributed by atoms with Crippen LogP contribution in [0.15, 0.2) is 12.3 Å². The Morgan fingerprint density at radius 3 is 2.52 bits per heavy atom. The van der Waals surface area contributed by atoms with Crippen LogP contribution < -0.4 is 10.0 Å². The summed E-state index contributed by atoms with van der Waals surface area (Å²) in [5.74, 6) is 1.11. The van der Waals surface area contributed by atoms with E-state index in [1.807, 2.05) is 6.07 Å². The Hall–Kier alpha value is -1.29. The number of nitrogens with one attached hydrogen (secondary N) is 2. The molecule has 138 valence electrons. The van der Waals surface area contributed by atoms with Gasteiger partial charge in [0.25, 0.3) is 0 Å². The van der Waals surface area contributed by atoms with E-state index in [0.717, 1.165) is 11.9 Å². The summed E-state index contributed by atoms with van der Waals surface area (Å²) < 4.78 is 37.1. The Kier molecular flexibility index (Phi) is 4.65. The maximum Gasteiger partial charge on any atom is 0.223 e. The van der Waals surface area contributed by atoms with Gasteiger partial charge in [-0.1, -0.05) is 12.8 Å². The maximum atomic E-state index is 11.5. The van der Waals surface area contributed by atoms with Gasteiger partial charge in [-0.3, -0.25) is 0 Å². The summed E-state index contributed by atoms with van der Waals surface area (Å²) >= 11 is 0. The van der Waals surface area contributed by atoms with Crippen LogP contribution in [0.25, 0.3) is 0 Å². The first-order valence-electron chi connectivity index (χ1n) is 8.79. The molecule has 2 aliphatic heterocycles. The van der Waals surface area contributed by atoms with Crippen molar-refractivity contribution in [1.82, 2.24) is 14.7 Å². The molecular weight excluding hydrogens is 344 g/mol. The van der Waals surface area contributed by atoms with Crippen LogP contribution in [0.5, 0.6) is 0 Å². The van der Waals surface area contributed by atoms with Crippen LogP contribution in [0.3, 0.4) is 0 Å². The largest absolute Gasteiger partial charge is 0.371 e. The summed E-state index contributed by atoms with van der Waals surface area (Å²) in [7, 11) is -3.29. The highest BCUT2D eigenvalue weighted by Gasteiger charge is 2.48. The molecule has 0 aromatic carbocycles. The zero-order valence-electron chi connectivity index (χ0n) is 14.2. The highest BCUT2D eigenvalue weighted by atomic mass is 32.2. The molecule has 4 atom stereocenters. The predicted molar refractivity (Wildman–Crippen MR) is 91.9 cm³/mol. The molecule has 2 saturated heterocycles. The molecule has 1 aromatic rings. The van der Waals surface area contributed by atoms with Crippen LogP contribution in [-0.2, 0) is 19.5 Å². The van der Waals surface area contributed by atoms with Gasteiger partial charge in [-0.2, -0.15) is 0 Å². The average Bonchev–Trinajstić information content (AvgIpc) is 3.27. The van der Waals surface area contributed by atoms with Crippen molar-refractivity contribution in [2.45, 2.75) is 55.9 Å². The lowest BCUT2D eigenvalue weighted by atomic mass is 10.0. The van der Waals surface area contributed by atoms with Crippen LogP contribution in [0, 0.1) is 0 Å². The van der Waals surface area contributed by atoms with Gasteiger partial charge < -0.3 is 14.8 Å². The van der Waals surface area contributed by atoms with Crippen molar-refractivity contribution in [3.8, 4) is 0 Å². The van der Waals surface area contributed by atoms with Crippen molar-refractivity contribution in [3.63, 3.8) is 0 Å². The molecule has 0 bridgehead atoms. The molecular formula is C16H24N4O4S. The second-order valence-corrected chi connectivity index (χ2v) is 8.91. The minimum absolute atomic E-state index is 0.0878. The molecule has 1 saturated carbocycles. The van der Waals surface area contributed by atoms with E-state index in [1.54, 1.807) is 6.20 Å². The standard InChI is InChI=1S/C16H24N4O4S/c1-25(21,22)20-13-9-24-14-12(8-23-15(13)14)19-16-17-7-6-11(18-16)10-4-2-3-5-10/h6-7,10,12-15,20H,2-5,8-9H2,1H3,(H,17,18,19)/t12-,13-,14+,15+/m0/s1. The number of ether oxygens (including phenoxy) is 2. The lowest BCUT2D eigenvalue weighted by Gasteiger charge is -2.18. The number of hydrogen-bond donors (Lipinski definition) is 2. The Morgan fingerprint density at radius 1 is 1.12 bits per heavy atom. The van der Waals surface area contributed by atoms with Crippen molar-refractivity contribution < 1.29 is 17.9 Å². The third-order valence-corrected chi connectivity index (χ3v) is 5.91. The molecule has 0 radical (unpaired) electrons. The predicted octanol–water partition coefficient (Wildman–Crippen LogP) is 0.630. The number of anilines is 1. The molecule has 0 unspecified atom stereocenters. The van der Waals surface area contributed by atoms with Gasteiger partial charge in [0.1, 0.15) is 12.2 Å². The maximum absolute atomic E-state index is 11.5. The topological polar surface area (TPSA) is 102 Å². The summed E-state index contributed by atoms with van der Waals surface area (Å²) in [5.41, 5.74) is 1.09. The molecule has 1 aromatic heterocycles. The first kappa shape index (κ1) is 17.1. The molecule has 0 spiro atoms. The molecule has 2 N–H and O–H groups in total. The van der Waals surface area contributed by atoms with E-state index in [1.165, 1.54) is 25.7 Å². The fourth-order valence-electron chi connectivity index (χ4n) is 4.06. The van der Waals surface area contributed by atoms with Gasteiger partial charge in [-0.15, -0.1) is 0 Å². The van der Waals surface area contributed by atoms with Gasteiger partial charge in [0.15, 0.2) is 0 Å². The lowest BCUT2D eigenvalue weighted by Crippen LogP contribution is -2.44. The second kappa shape index (κ2) is 6.79. The fraction of sp³-hybridized carbons (Fsp3) is 0.750. The number of fused-ring (bicyclic) bond motifs is 1. The molecule has 0 amide bonds. The smallest absolute Gasteiger partial charge is 0.223 e. The number of hydrogen-bond acceptors (Lipinski definition) is 7. The van der Waals surface area contributed by atoms with Crippen molar-refractivity contribution in [2.75, 3.05) is 24.8 Å². The van der Waals surface area contributed by atoms with E-state index >= 15 is 0 Å². The Morgan fingerprint density at radius 2 is 1.80 bits per heavy atom. The third kappa shape index (κ3) is 3.79. The van der Waals surface area contributed by atoms with E-state index in [2.05, 4.69) is 20.0 Å². The van der Waals surface area contributed by atoms with Gasteiger partial charge in [0, 0.05) is 17.8 Å². The Bertz CT molecular complexity index is 723. The third-order valence-electron chi connectivity index (χ3n) is 5.18. The van der Waals surface area contributed by atoms with E-state index in [-0.39, 0.29) is 24.3 Å². The first-order valence-corrected chi connectivity index (χ1v) is 10.7. The molecule has 25 heavy (non-hydrogen) atoms. The Labute approximate surface area is 147 Å². The molecule has 8 nitrogen and oxygen atoms in total. The number of nitrogens with zero attached hydrogens (tertiary/aromatic N) is 2. The van der Waals surface area contributed by atoms with E-state index in [4.69, 9.17) is 9.47 Å². The summed E-state index contributed by atoms with van der Waals surface area (Å²) in [6.45, 7) is 0.748. The fourth-order valence-corrected chi connectivity index (χ4v) is 4.81. The van der Waals surface area contributed by atoms with Crippen LogP contribution in [0.1, 0.15) is 37.3 Å². The van der Waals surface area contributed by atoms with Gasteiger partial charge >= 0.3 is 0 Å². The van der Waals surface area contributed by atoms with Crippen molar-refractivity contribution in [2.24, 2.45) is 0 Å². The molecule has 3 heterocycles. The van der Waals surface area contributed by atoms with Gasteiger partial charge in [0.05, 0.1) is 31.6 Å². The minimum atomic E-state index is -3.29. The number of sulfonamides is 1. The summed E-state index contributed by atoms with van der Waals surface area (Å²) in [5, 5.41) is 3.31. The highest BCUT2D eigenvalue weighted by Crippen LogP contribution is 2.33.